The summed E-state index contributed by atoms with van der Waals surface area (Å²) in [5.74, 6) is 0. The number of rotatable bonds is 4. The molecule has 1 aliphatic heterocycles. The highest BCUT2D eigenvalue weighted by molar-refractivity contribution is 5.65. The molecule has 2 N–H and O–H groups in total. The topological polar surface area (TPSA) is 96.1 Å². The van der Waals surface area contributed by atoms with E-state index in [2.05, 4.69) is 0 Å². The van der Waals surface area contributed by atoms with Gasteiger partial charge in [-0.1, -0.05) is 6.07 Å². The zero-order valence-corrected chi connectivity index (χ0v) is 12.1. The van der Waals surface area contributed by atoms with E-state index in [0.29, 0.717) is 24.3 Å². The number of hydrogen-bond donors (Lipinski definition) is 2. The first-order chi connectivity index (χ1) is 9.92. The molecule has 1 aliphatic rings. The Kier molecular flexibility index (Phi) is 4.76. The smallest absolute Gasteiger partial charge is 0.292 e. The van der Waals surface area contributed by atoms with Crippen LogP contribution in [-0.2, 0) is 4.74 Å². The van der Waals surface area contributed by atoms with Gasteiger partial charge in [-0.15, -0.1) is 0 Å². The lowest BCUT2D eigenvalue weighted by atomic mass is 10.1. The number of morpholine rings is 1. The van der Waals surface area contributed by atoms with Crippen molar-refractivity contribution in [2.24, 2.45) is 0 Å². The number of nitro benzene ring substituents is 1. The number of hydrogen-bond acceptors (Lipinski definition) is 6. The van der Waals surface area contributed by atoms with Crippen molar-refractivity contribution in [2.75, 3.05) is 24.6 Å². The number of nitro groups is 1. The Balaban J connectivity index is 2.36. The molecular weight excluding hydrogens is 276 g/mol. The average Bonchev–Trinajstić information content (AvgIpc) is 2.45. The fraction of sp³-hybridized carbons (Fsp3) is 0.571. The van der Waals surface area contributed by atoms with Crippen molar-refractivity contribution in [3.05, 3.63) is 33.9 Å². The van der Waals surface area contributed by atoms with Crippen LogP contribution in [0.1, 0.15) is 25.5 Å². The van der Waals surface area contributed by atoms with Gasteiger partial charge in [0.1, 0.15) is 5.69 Å². The Labute approximate surface area is 122 Å². The van der Waals surface area contributed by atoms with Gasteiger partial charge in [-0.3, -0.25) is 10.1 Å². The summed E-state index contributed by atoms with van der Waals surface area (Å²) >= 11 is 0. The van der Waals surface area contributed by atoms with Gasteiger partial charge < -0.3 is 19.8 Å². The van der Waals surface area contributed by atoms with Crippen LogP contribution in [0, 0.1) is 10.1 Å². The summed E-state index contributed by atoms with van der Waals surface area (Å²) < 4.78 is 5.55. The predicted molar refractivity (Wildman–Crippen MR) is 77.4 cm³/mol. The van der Waals surface area contributed by atoms with Gasteiger partial charge in [-0.25, -0.2) is 0 Å². The molecule has 0 saturated carbocycles. The Hall–Kier alpha value is -1.70. The number of ether oxygens (including phenoxy) is 1. The third kappa shape index (κ3) is 3.49. The minimum absolute atomic E-state index is 0.0424. The molecule has 0 amide bonds. The van der Waals surface area contributed by atoms with E-state index < -0.39 is 11.0 Å². The van der Waals surface area contributed by atoms with Crippen molar-refractivity contribution < 1.29 is 19.9 Å². The third-order valence-corrected chi connectivity index (χ3v) is 3.55. The van der Waals surface area contributed by atoms with E-state index in [1.54, 1.807) is 19.1 Å². The summed E-state index contributed by atoms with van der Waals surface area (Å²) in [7, 11) is 0. The molecule has 1 aromatic carbocycles. The molecule has 116 valence electrons. The molecule has 0 aliphatic carbocycles. The van der Waals surface area contributed by atoms with E-state index in [-0.39, 0.29) is 24.5 Å². The van der Waals surface area contributed by atoms with E-state index >= 15 is 0 Å². The minimum Gasteiger partial charge on any atom is -0.394 e. The second-order valence-electron chi connectivity index (χ2n) is 5.34. The largest absolute Gasteiger partial charge is 0.394 e. The van der Waals surface area contributed by atoms with Gasteiger partial charge in [0.2, 0.25) is 0 Å². The van der Waals surface area contributed by atoms with Crippen LogP contribution in [0.5, 0.6) is 0 Å². The van der Waals surface area contributed by atoms with Crippen molar-refractivity contribution in [3.8, 4) is 0 Å². The lowest BCUT2D eigenvalue weighted by Gasteiger charge is -2.37. The highest BCUT2D eigenvalue weighted by atomic mass is 16.6. The molecule has 1 aromatic rings. The molecule has 7 heteroatoms. The maximum atomic E-state index is 11.3. The molecular formula is C14H20N2O5. The zero-order chi connectivity index (χ0) is 15.6. The normalized spacial score (nSPS) is 23.9. The average molecular weight is 296 g/mol. The molecule has 0 spiro atoms. The quantitative estimate of drug-likeness (QED) is 0.641. The SMILES string of the molecule is CC1CN(c2ccc(C(C)O)cc2[N+](=O)[O-])CC(CO)O1. The summed E-state index contributed by atoms with van der Waals surface area (Å²) in [6.07, 6.45) is -1.23. The van der Waals surface area contributed by atoms with Crippen molar-refractivity contribution in [2.45, 2.75) is 32.2 Å². The lowest BCUT2D eigenvalue weighted by molar-refractivity contribution is -0.384. The maximum absolute atomic E-state index is 11.3. The van der Waals surface area contributed by atoms with Crippen LogP contribution in [-0.4, -0.2) is 47.0 Å². The first-order valence-electron chi connectivity index (χ1n) is 6.90. The third-order valence-electron chi connectivity index (χ3n) is 3.55. The minimum atomic E-state index is -0.758. The Morgan fingerprint density at radius 2 is 2.24 bits per heavy atom. The van der Waals surface area contributed by atoms with E-state index in [1.807, 2.05) is 11.8 Å². The molecule has 1 heterocycles. The van der Waals surface area contributed by atoms with Crippen LogP contribution in [0.3, 0.4) is 0 Å². The molecule has 7 nitrogen and oxygen atoms in total. The van der Waals surface area contributed by atoms with E-state index in [1.165, 1.54) is 6.07 Å². The van der Waals surface area contributed by atoms with Gasteiger partial charge in [0, 0.05) is 19.2 Å². The molecule has 1 fully saturated rings. The number of aliphatic hydroxyl groups excluding tert-OH is 2. The molecule has 21 heavy (non-hydrogen) atoms. The fourth-order valence-corrected chi connectivity index (χ4v) is 2.56. The lowest BCUT2D eigenvalue weighted by Crippen LogP contribution is -2.48. The van der Waals surface area contributed by atoms with Crippen LogP contribution < -0.4 is 4.90 Å². The molecule has 0 bridgehead atoms. The van der Waals surface area contributed by atoms with E-state index in [9.17, 15) is 20.3 Å². The molecule has 3 unspecified atom stereocenters. The predicted octanol–water partition coefficient (Wildman–Crippen LogP) is 1.23. The van der Waals surface area contributed by atoms with Gasteiger partial charge in [0.05, 0.1) is 29.8 Å². The van der Waals surface area contributed by atoms with Crippen LogP contribution in [0.25, 0.3) is 0 Å². The maximum Gasteiger partial charge on any atom is 0.292 e. The number of anilines is 1. The summed E-state index contributed by atoms with van der Waals surface area (Å²) in [6, 6.07) is 4.72. The van der Waals surface area contributed by atoms with Crippen LogP contribution in [0.2, 0.25) is 0 Å². The van der Waals surface area contributed by atoms with Crippen LogP contribution in [0.4, 0.5) is 11.4 Å². The van der Waals surface area contributed by atoms with Crippen LogP contribution in [0.15, 0.2) is 18.2 Å². The second kappa shape index (κ2) is 6.38. The standard InChI is InChI=1S/C14H20N2O5/c1-9-6-15(7-12(8-17)21-9)13-4-3-11(10(2)18)5-14(13)16(19)20/h3-5,9-10,12,17-18H,6-8H2,1-2H3. The Bertz CT molecular complexity index is 520. The van der Waals surface area contributed by atoms with E-state index in [4.69, 9.17) is 4.74 Å². The molecule has 0 radical (unpaired) electrons. The van der Waals surface area contributed by atoms with Gasteiger partial charge in [-0.2, -0.15) is 0 Å². The molecule has 3 atom stereocenters. The van der Waals surface area contributed by atoms with Gasteiger partial charge in [-0.05, 0) is 25.5 Å². The zero-order valence-electron chi connectivity index (χ0n) is 12.1. The van der Waals surface area contributed by atoms with Gasteiger partial charge >= 0.3 is 0 Å². The molecule has 1 saturated heterocycles. The number of benzene rings is 1. The van der Waals surface area contributed by atoms with Gasteiger partial charge in [0.25, 0.3) is 5.69 Å². The summed E-state index contributed by atoms with van der Waals surface area (Å²) in [4.78, 5) is 12.7. The van der Waals surface area contributed by atoms with Crippen molar-refractivity contribution in [1.29, 1.82) is 0 Å². The number of aliphatic hydroxyl groups is 2. The van der Waals surface area contributed by atoms with Crippen molar-refractivity contribution in [1.82, 2.24) is 0 Å². The Morgan fingerprint density at radius 3 is 2.81 bits per heavy atom. The number of nitrogens with zero attached hydrogens (tertiary/aromatic N) is 2. The highest BCUT2D eigenvalue weighted by Gasteiger charge is 2.29. The fourth-order valence-electron chi connectivity index (χ4n) is 2.56. The van der Waals surface area contributed by atoms with Crippen molar-refractivity contribution >= 4 is 11.4 Å². The Morgan fingerprint density at radius 1 is 1.52 bits per heavy atom. The second-order valence-corrected chi connectivity index (χ2v) is 5.34. The summed E-state index contributed by atoms with van der Waals surface area (Å²) in [5.41, 5.74) is 0.947. The highest BCUT2D eigenvalue weighted by Crippen LogP contribution is 2.32. The first kappa shape index (κ1) is 15.7. The van der Waals surface area contributed by atoms with Gasteiger partial charge in [0.15, 0.2) is 0 Å². The van der Waals surface area contributed by atoms with Crippen molar-refractivity contribution in [3.63, 3.8) is 0 Å². The van der Waals surface area contributed by atoms with E-state index in [0.717, 1.165) is 0 Å². The first-order valence-corrected chi connectivity index (χ1v) is 6.90. The summed E-state index contributed by atoms with van der Waals surface area (Å²) in [5, 5.41) is 30.1. The monoisotopic (exact) mass is 296 g/mol. The molecule has 0 aromatic heterocycles. The van der Waals surface area contributed by atoms with Crippen LogP contribution >= 0.6 is 0 Å². The summed E-state index contributed by atoms with van der Waals surface area (Å²) in [6.45, 7) is 4.23. The molecule has 2 rings (SSSR count).